The van der Waals surface area contributed by atoms with Crippen LogP contribution >= 0.6 is 46.6 Å². The van der Waals surface area contributed by atoms with Crippen LogP contribution in [-0.2, 0) is 4.79 Å². The van der Waals surface area contributed by atoms with E-state index in [1.165, 1.54) is 11.8 Å². The molecule has 0 radical (unpaired) electrons. The molecule has 118 valence electrons. The quantitative estimate of drug-likeness (QED) is 0.390. The van der Waals surface area contributed by atoms with Crippen molar-refractivity contribution in [3.8, 4) is 0 Å². The van der Waals surface area contributed by atoms with Crippen LogP contribution in [0.3, 0.4) is 0 Å². The Morgan fingerprint density at radius 2 is 1.91 bits per heavy atom. The summed E-state index contributed by atoms with van der Waals surface area (Å²) < 4.78 is 6.80. The third-order valence-corrected chi connectivity index (χ3v) is 5.17. The molecule has 0 atom stereocenters. The molecule has 23 heavy (non-hydrogen) atoms. The van der Waals surface area contributed by atoms with Gasteiger partial charge in [0.15, 0.2) is 8.09 Å². The monoisotopic (exact) mass is 456 g/mol. The van der Waals surface area contributed by atoms with E-state index in [0.29, 0.717) is 15.0 Å². The van der Waals surface area contributed by atoms with Gasteiger partial charge in [-0.1, -0.05) is 24.0 Å². The number of amides is 1. The molecule has 0 unspecified atom stereocenters. The molecule has 0 N–H and O–H groups in total. The van der Waals surface area contributed by atoms with Gasteiger partial charge in [-0.25, -0.2) is 0 Å². The lowest BCUT2D eigenvalue weighted by atomic mass is 10.2. The van der Waals surface area contributed by atoms with E-state index in [1.807, 2.05) is 55.4 Å². The van der Waals surface area contributed by atoms with Crippen molar-refractivity contribution < 1.29 is 9.21 Å². The summed E-state index contributed by atoms with van der Waals surface area (Å²) in [5.74, 6) is 0.530. The number of halogens is 1. The number of benzene rings is 1. The smallest absolute Gasteiger partial charge is 0.270 e. The molecule has 0 spiro atoms. The highest BCUT2D eigenvalue weighted by atomic mass is 127. The fourth-order valence-corrected chi connectivity index (χ4v) is 3.84. The zero-order valence-electron chi connectivity index (χ0n) is 12.4. The molecule has 1 fully saturated rings. The van der Waals surface area contributed by atoms with Crippen LogP contribution in [0, 0.1) is 3.77 Å². The Hall–Kier alpha value is -1.32. The first-order valence-electron chi connectivity index (χ1n) is 6.76. The highest BCUT2D eigenvalue weighted by Gasteiger charge is 2.33. The average molecular weight is 456 g/mol. The van der Waals surface area contributed by atoms with Gasteiger partial charge in [0, 0.05) is 25.9 Å². The summed E-state index contributed by atoms with van der Waals surface area (Å²) in [7, 11) is 3.95. The number of hydrogen-bond donors (Lipinski definition) is 0. The van der Waals surface area contributed by atoms with Crippen molar-refractivity contribution in [2.45, 2.75) is 0 Å². The topological polar surface area (TPSA) is 36.7 Å². The van der Waals surface area contributed by atoms with Crippen LogP contribution < -0.4 is 9.80 Å². The molecule has 0 aliphatic carbocycles. The first-order chi connectivity index (χ1) is 11.0. The van der Waals surface area contributed by atoms with E-state index >= 15 is 0 Å². The van der Waals surface area contributed by atoms with Gasteiger partial charge in [-0.15, -0.1) is 0 Å². The Kier molecular flexibility index (Phi) is 4.79. The number of anilines is 2. The van der Waals surface area contributed by atoms with E-state index in [2.05, 4.69) is 22.6 Å². The van der Waals surface area contributed by atoms with Crippen molar-refractivity contribution in [3.63, 3.8) is 0 Å². The Morgan fingerprint density at radius 1 is 1.22 bits per heavy atom. The molecule has 1 aliphatic rings. The van der Waals surface area contributed by atoms with Gasteiger partial charge < -0.3 is 9.32 Å². The fourth-order valence-electron chi connectivity index (χ4n) is 2.13. The van der Waals surface area contributed by atoms with Crippen LogP contribution in [0.5, 0.6) is 0 Å². The number of thiocarbonyl (C=S) groups is 1. The van der Waals surface area contributed by atoms with E-state index in [1.54, 1.807) is 11.0 Å². The number of rotatable bonds is 3. The van der Waals surface area contributed by atoms with Crippen molar-refractivity contribution in [1.29, 1.82) is 0 Å². The van der Waals surface area contributed by atoms with Crippen molar-refractivity contribution in [2.24, 2.45) is 0 Å². The summed E-state index contributed by atoms with van der Waals surface area (Å²) in [4.78, 5) is 16.8. The molecule has 3 rings (SSSR count). The molecule has 1 aromatic carbocycles. The average Bonchev–Trinajstić information content (AvgIpc) is 3.03. The number of carbonyl (C=O) groups excluding carboxylic acids is 1. The van der Waals surface area contributed by atoms with E-state index in [0.717, 1.165) is 15.1 Å². The fraction of sp³-hybridized carbons (Fsp3) is 0.125. The van der Waals surface area contributed by atoms with Gasteiger partial charge in [-0.2, -0.15) is 0 Å². The number of hydrogen-bond acceptors (Lipinski definition) is 5. The first-order valence-corrected chi connectivity index (χ1v) is 9.07. The molecule has 0 bridgehead atoms. The highest BCUT2D eigenvalue weighted by Crippen LogP contribution is 2.36. The van der Waals surface area contributed by atoms with Crippen molar-refractivity contribution in [2.75, 3.05) is 23.9 Å². The van der Waals surface area contributed by atoms with Crippen LogP contribution in [-0.4, -0.2) is 24.3 Å². The maximum atomic E-state index is 12.6. The summed E-state index contributed by atoms with van der Waals surface area (Å²) in [5.41, 5.74) is 1.84. The van der Waals surface area contributed by atoms with E-state index in [-0.39, 0.29) is 5.91 Å². The van der Waals surface area contributed by atoms with Crippen LogP contribution in [0.4, 0.5) is 11.4 Å². The number of thioether (sulfide) groups is 1. The normalized spacial score (nSPS) is 16.5. The number of carbonyl (C=O) groups is 1. The minimum absolute atomic E-state index is 0.121. The molecule has 1 aliphatic heterocycles. The van der Waals surface area contributed by atoms with Crippen LogP contribution in [0.25, 0.3) is 6.08 Å². The van der Waals surface area contributed by atoms with Crippen molar-refractivity contribution in [3.05, 3.63) is 50.8 Å². The van der Waals surface area contributed by atoms with Gasteiger partial charge in [0.2, 0.25) is 0 Å². The van der Waals surface area contributed by atoms with E-state index in [9.17, 15) is 4.79 Å². The highest BCUT2D eigenvalue weighted by molar-refractivity contribution is 14.1. The lowest BCUT2D eigenvalue weighted by molar-refractivity contribution is -0.113. The number of nitrogens with zero attached hydrogens (tertiary/aromatic N) is 2. The molecule has 1 saturated heterocycles. The summed E-state index contributed by atoms with van der Waals surface area (Å²) in [6, 6.07) is 11.4. The Bertz CT molecular complexity index is 797. The Labute approximate surface area is 157 Å². The maximum absolute atomic E-state index is 12.6. The minimum atomic E-state index is -0.121. The van der Waals surface area contributed by atoms with Crippen LogP contribution in [0.2, 0.25) is 0 Å². The lowest BCUT2D eigenvalue weighted by Gasteiger charge is -2.17. The van der Waals surface area contributed by atoms with Gasteiger partial charge in [0.25, 0.3) is 5.91 Å². The van der Waals surface area contributed by atoms with E-state index < -0.39 is 0 Å². The molecular formula is C16H13IN2O2S2. The van der Waals surface area contributed by atoms with Gasteiger partial charge in [0.05, 0.1) is 10.6 Å². The second-order valence-electron chi connectivity index (χ2n) is 5.07. The SMILES string of the molecule is CN(C)c1ccc(N2C(=O)/C(=C/c3ccc(I)o3)SC2=S)cc1. The third kappa shape index (κ3) is 3.46. The molecule has 1 amide bonds. The second kappa shape index (κ2) is 6.66. The summed E-state index contributed by atoms with van der Waals surface area (Å²) in [6.45, 7) is 0. The van der Waals surface area contributed by atoms with Gasteiger partial charge in [-0.3, -0.25) is 9.69 Å². The molecular weight excluding hydrogens is 443 g/mol. The second-order valence-corrected chi connectivity index (χ2v) is 7.81. The molecule has 2 aromatic rings. The predicted molar refractivity (Wildman–Crippen MR) is 108 cm³/mol. The number of furan rings is 1. The van der Waals surface area contributed by atoms with Gasteiger partial charge >= 0.3 is 0 Å². The van der Waals surface area contributed by atoms with Crippen molar-refractivity contribution >= 4 is 74.2 Å². The minimum Gasteiger partial charge on any atom is -0.451 e. The standard InChI is InChI=1S/C16H13IN2O2S2/c1-18(2)10-3-5-11(6-4-10)19-15(20)13(23-16(19)22)9-12-7-8-14(17)21-12/h3-9H,1-2H3/b13-9-. The first kappa shape index (κ1) is 16.5. The molecule has 2 heterocycles. The zero-order valence-corrected chi connectivity index (χ0v) is 16.2. The van der Waals surface area contributed by atoms with Gasteiger partial charge in [0.1, 0.15) is 5.76 Å². The molecule has 1 aromatic heterocycles. The molecule has 4 nitrogen and oxygen atoms in total. The van der Waals surface area contributed by atoms with Gasteiger partial charge in [-0.05, 0) is 59.0 Å². The lowest BCUT2D eigenvalue weighted by Crippen LogP contribution is -2.27. The van der Waals surface area contributed by atoms with Crippen molar-refractivity contribution in [1.82, 2.24) is 0 Å². The summed E-state index contributed by atoms with van der Waals surface area (Å²) in [5, 5.41) is 0. The largest absolute Gasteiger partial charge is 0.451 e. The Morgan fingerprint density at radius 3 is 2.48 bits per heavy atom. The molecule has 7 heteroatoms. The van der Waals surface area contributed by atoms with Crippen LogP contribution in [0.1, 0.15) is 5.76 Å². The third-order valence-electron chi connectivity index (χ3n) is 3.29. The summed E-state index contributed by atoms with van der Waals surface area (Å²) in [6.07, 6.45) is 1.73. The van der Waals surface area contributed by atoms with E-state index in [4.69, 9.17) is 16.6 Å². The van der Waals surface area contributed by atoms with Crippen LogP contribution in [0.15, 0.2) is 45.7 Å². The zero-order chi connectivity index (χ0) is 16.6. The maximum Gasteiger partial charge on any atom is 0.270 e. The molecule has 0 saturated carbocycles. The summed E-state index contributed by atoms with van der Waals surface area (Å²) >= 11 is 8.74. The predicted octanol–water partition coefficient (Wildman–Crippen LogP) is 4.36. The Balaban J connectivity index is 1.88.